The maximum Gasteiger partial charge on any atom is 0.234 e. The molecule has 174 valence electrons. The van der Waals surface area contributed by atoms with Crippen LogP contribution in [0.15, 0.2) is 29.3 Å². The molecule has 0 aromatic heterocycles. The molecule has 0 spiro atoms. The van der Waals surface area contributed by atoms with Crippen molar-refractivity contribution in [2.75, 3.05) is 39.3 Å². The molecule has 1 aromatic rings. The van der Waals surface area contributed by atoms with Crippen molar-refractivity contribution in [1.29, 1.82) is 0 Å². The van der Waals surface area contributed by atoms with Crippen LogP contribution in [0.3, 0.4) is 0 Å². The number of halogens is 1. The smallest absolute Gasteiger partial charge is 0.234 e. The minimum atomic E-state index is -0.244. The maximum absolute atomic E-state index is 12.1. The Morgan fingerprint density at radius 2 is 1.84 bits per heavy atom. The van der Waals surface area contributed by atoms with Crippen LogP contribution >= 0.6 is 24.0 Å². The number of nitrogens with zero attached hydrogens (tertiary/aromatic N) is 3. The number of para-hydroxylation sites is 1. The molecule has 3 rings (SSSR count). The van der Waals surface area contributed by atoms with Crippen molar-refractivity contribution in [3.8, 4) is 5.75 Å². The number of piperazine rings is 1. The number of guanidine groups is 1. The average Bonchev–Trinajstić information content (AvgIpc) is 3.49. The lowest BCUT2D eigenvalue weighted by Gasteiger charge is -2.36. The number of aliphatic imine (C=N–C) groups is 1. The molecular weight excluding hydrogens is 505 g/mol. The first-order valence-electron chi connectivity index (χ1n) is 11.2. The van der Waals surface area contributed by atoms with Gasteiger partial charge in [0.1, 0.15) is 11.4 Å². The van der Waals surface area contributed by atoms with Gasteiger partial charge in [0.05, 0.1) is 13.1 Å². The molecule has 8 heteroatoms. The zero-order chi connectivity index (χ0) is 21.6. The molecule has 1 aliphatic carbocycles. The van der Waals surface area contributed by atoms with Crippen LogP contribution in [0.5, 0.6) is 5.75 Å². The molecule has 1 aromatic carbocycles. The molecule has 0 atom stereocenters. The number of hydrogen-bond acceptors (Lipinski definition) is 4. The van der Waals surface area contributed by atoms with Crippen molar-refractivity contribution >= 4 is 35.8 Å². The number of amides is 1. The highest BCUT2D eigenvalue weighted by atomic mass is 127. The molecule has 1 heterocycles. The highest BCUT2D eigenvalue weighted by molar-refractivity contribution is 14.0. The first-order valence-corrected chi connectivity index (χ1v) is 11.2. The fraction of sp³-hybridized carbons (Fsp3) is 0.652. The van der Waals surface area contributed by atoms with Crippen LogP contribution in [0, 0.1) is 0 Å². The maximum atomic E-state index is 12.1. The Labute approximate surface area is 204 Å². The standard InChI is InChI=1S/C23H37N5O2.HI/c1-5-24-22(25-16-18-8-6-7-9-20(18)30-23(2,3)4)28-14-12-27(13-15-28)17-21(29)26-19-10-11-19;/h6-9,19H,5,10-17H2,1-4H3,(H,24,25)(H,26,29);1H. The van der Waals surface area contributed by atoms with Crippen LogP contribution in [0.2, 0.25) is 0 Å². The fourth-order valence-electron chi connectivity index (χ4n) is 3.47. The SMILES string of the molecule is CCNC(=NCc1ccccc1OC(C)(C)C)N1CCN(CC(=O)NC2CC2)CC1.I. The highest BCUT2D eigenvalue weighted by Gasteiger charge is 2.26. The lowest BCUT2D eigenvalue weighted by Crippen LogP contribution is -2.54. The van der Waals surface area contributed by atoms with Crippen molar-refractivity contribution in [3.05, 3.63) is 29.8 Å². The largest absolute Gasteiger partial charge is 0.488 e. The van der Waals surface area contributed by atoms with Crippen LogP contribution in [-0.2, 0) is 11.3 Å². The van der Waals surface area contributed by atoms with Gasteiger partial charge < -0.3 is 20.3 Å². The fourth-order valence-corrected chi connectivity index (χ4v) is 3.47. The molecule has 0 bridgehead atoms. The van der Waals surface area contributed by atoms with Crippen LogP contribution in [0.25, 0.3) is 0 Å². The zero-order valence-corrected chi connectivity index (χ0v) is 21.6. The summed E-state index contributed by atoms with van der Waals surface area (Å²) in [5.74, 6) is 1.96. The van der Waals surface area contributed by atoms with E-state index in [2.05, 4.69) is 54.2 Å². The van der Waals surface area contributed by atoms with E-state index in [1.807, 2.05) is 18.2 Å². The Hall–Kier alpha value is -1.55. The van der Waals surface area contributed by atoms with E-state index in [0.29, 0.717) is 19.1 Å². The third kappa shape index (κ3) is 8.84. The first kappa shape index (κ1) is 25.7. The van der Waals surface area contributed by atoms with Gasteiger partial charge in [0, 0.05) is 44.3 Å². The van der Waals surface area contributed by atoms with Gasteiger partial charge in [-0.3, -0.25) is 9.69 Å². The molecule has 7 nitrogen and oxygen atoms in total. The predicted octanol–water partition coefficient (Wildman–Crippen LogP) is 2.84. The van der Waals surface area contributed by atoms with E-state index in [-0.39, 0.29) is 35.5 Å². The van der Waals surface area contributed by atoms with E-state index in [9.17, 15) is 4.79 Å². The Morgan fingerprint density at radius 1 is 1.16 bits per heavy atom. The number of carbonyl (C=O) groups excluding carboxylic acids is 1. The molecule has 2 N–H and O–H groups in total. The molecule has 1 amide bonds. The molecule has 1 saturated carbocycles. The van der Waals surface area contributed by atoms with E-state index >= 15 is 0 Å². The molecule has 0 radical (unpaired) electrons. The third-order valence-electron chi connectivity index (χ3n) is 5.10. The van der Waals surface area contributed by atoms with Gasteiger partial charge in [-0.05, 0) is 46.6 Å². The van der Waals surface area contributed by atoms with Gasteiger partial charge in [-0.1, -0.05) is 18.2 Å². The summed E-state index contributed by atoms with van der Waals surface area (Å²) >= 11 is 0. The summed E-state index contributed by atoms with van der Waals surface area (Å²) in [5.41, 5.74) is 0.838. The quantitative estimate of drug-likeness (QED) is 0.315. The summed E-state index contributed by atoms with van der Waals surface area (Å²) in [6.07, 6.45) is 2.26. The highest BCUT2D eigenvalue weighted by Crippen LogP contribution is 2.24. The number of nitrogens with one attached hydrogen (secondary N) is 2. The third-order valence-corrected chi connectivity index (χ3v) is 5.10. The van der Waals surface area contributed by atoms with E-state index in [1.165, 1.54) is 0 Å². The Kier molecular flexibility index (Phi) is 9.87. The van der Waals surface area contributed by atoms with Gasteiger partial charge >= 0.3 is 0 Å². The number of ether oxygens (including phenoxy) is 1. The second kappa shape index (κ2) is 11.9. The summed E-state index contributed by atoms with van der Waals surface area (Å²) in [4.78, 5) is 21.5. The number of benzene rings is 1. The van der Waals surface area contributed by atoms with E-state index in [0.717, 1.165) is 62.8 Å². The van der Waals surface area contributed by atoms with Gasteiger partial charge in [-0.15, -0.1) is 24.0 Å². The van der Waals surface area contributed by atoms with Crippen molar-refractivity contribution in [2.45, 2.75) is 58.7 Å². The van der Waals surface area contributed by atoms with Crippen LogP contribution in [0.4, 0.5) is 0 Å². The molecule has 0 unspecified atom stereocenters. The van der Waals surface area contributed by atoms with Crippen molar-refractivity contribution in [1.82, 2.24) is 20.4 Å². The Bertz CT molecular complexity index is 738. The Morgan fingerprint density at radius 3 is 2.45 bits per heavy atom. The van der Waals surface area contributed by atoms with Gasteiger partial charge in [0.2, 0.25) is 5.91 Å². The minimum absolute atomic E-state index is 0. The van der Waals surface area contributed by atoms with Crippen LogP contribution in [0.1, 0.15) is 46.1 Å². The summed E-state index contributed by atoms with van der Waals surface area (Å²) in [7, 11) is 0. The lowest BCUT2D eigenvalue weighted by atomic mass is 10.1. The first-order chi connectivity index (χ1) is 14.3. The molecule has 1 aliphatic heterocycles. The van der Waals surface area contributed by atoms with Crippen molar-refractivity contribution in [2.24, 2.45) is 4.99 Å². The summed E-state index contributed by atoms with van der Waals surface area (Å²) in [6, 6.07) is 8.53. The van der Waals surface area contributed by atoms with Gasteiger partial charge in [0.15, 0.2) is 5.96 Å². The van der Waals surface area contributed by atoms with Crippen LogP contribution < -0.4 is 15.4 Å². The molecular formula is C23H38IN5O2. The van der Waals surface area contributed by atoms with Crippen LogP contribution in [-0.4, -0.2) is 72.6 Å². The van der Waals surface area contributed by atoms with Crippen molar-refractivity contribution < 1.29 is 9.53 Å². The minimum Gasteiger partial charge on any atom is -0.488 e. The predicted molar refractivity (Wildman–Crippen MR) is 136 cm³/mol. The summed E-state index contributed by atoms with van der Waals surface area (Å²) in [6.45, 7) is 13.6. The molecule has 2 aliphatic rings. The van der Waals surface area contributed by atoms with Gasteiger partial charge in [-0.2, -0.15) is 0 Å². The monoisotopic (exact) mass is 543 g/mol. The second-order valence-electron chi connectivity index (χ2n) is 9.10. The zero-order valence-electron chi connectivity index (χ0n) is 19.3. The van der Waals surface area contributed by atoms with E-state index in [1.54, 1.807) is 0 Å². The van der Waals surface area contributed by atoms with E-state index < -0.39 is 0 Å². The topological polar surface area (TPSA) is 69.2 Å². The normalized spacial score (nSPS) is 17.7. The van der Waals surface area contributed by atoms with Gasteiger partial charge in [0.25, 0.3) is 0 Å². The Balaban J connectivity index is 0.00000341. The molecule has 1 saturated heterocycles. The number of hydrogen-bond donors (Lipinski definition) is 2. The van der Waals surface area contributed by atoms with Crippen molar-refractivity contribution in [3.63, 3.8) is 0 Å². The second-order valence-corrected chi connectivity index (χ2v) is 9.10. The molecule has 31 heavy (non-hydrogen) atoms. The molecule has 2 fully saturated rings. The average molecular weight is 543 g/mol. The number of carbonyl (C=O) groups is 1. The van der Waals surface area contributed by atoms with Gasteiger partial charge in [-0.25, -0.2) is 4.99 Å². The summed E-state index contributed by atoms with van der Waals surface area (Å²) < 4.78 is 6.11. The lowest BCUT2D eigenvalue weighted by molar-refractivity contribution is -0.122. The number of rotatable bonds is 7. The van der Waals surface area contributed by atoms with E-state index in [4.69, 9.17) is 9.73 Å². The summed E-state index contributed by atoms with van der Waals surface area (Å²) in [5, 5.41) is 6.49.